The van der Waals surface area contributed by atoms with E-state index in [-0.39, 0.29) is 0 Å². The van der Waals surface area contributed by atoms with Gasteiger partial charge in [0, 0.05) is 5.69 Å². The maximum Gasteiger partial charge on any atom is 0.229 e. The van der Waals surface area contributed by atoms with Gasteiger partial charge in [-0.15, -0.1) is 0 Å². The molecule has 3 aromatic rings. The van der Waals surface area contributed by atoms with Crippen LogP contribution < -0.4 is 4.72 Å². The smallest absolute Gasteiger partial charge is 0.229 e. The summed E-state index contributed by atoms with van der Waals surface area (Å²) in [5.41, 5.74) is 9.17. The molecule has 0 spiro atoms. The summed E-state index contributed by atoms with van der Waals surface area (Å²) in [4.78, 5) is 0. The van der Waals surface area contributed by atoms with Crippen LogP contribution >= 0.6 is 0 Å². The van der Waals surface area contributed by atoms with Gasteiger partial charge in [0.1, 0.15) is 0 Å². The molecule has 0 amide bonds. The summed E-state index contributed by atoms with van der Waals surface area (Å²) >= 11 is 0. The van der Waals surface area contributed by atoms with Crippen molar-refractivity contribution in [2.75, 3.05) is 11.0 Å². The molecule has 1 aliphatic carbocycles. The second-order valence-corrected chi connectivity index (χ2v) is 9.12. The van der Waals surface area contributed by atoms with Gasteiger partial charge < -0.3 is 0 Å². The van der Waals surface area contributed by atoms with Crippen molar-refractivity contribution < 1.29 is 8.42 Å². The fraction of sp³-hybridized carbons (Fsp3) is 0.167. The molecular weight excluding hydrogens is 366 g/mol. The van der Waals surface area contributed by atoms with Crippen molar-refractivity contribution in [3.05, 3.63) is 100 Å². The highest BCUT2D eigenvalue weighted by Crippen LogP contribution is 2.35. The largest absolute Gasteiger partial charge is 0.284 e. The van der Waals surface area contributed by atoms with E-state index < -0.39 is 10.0 Å². The molecule has 0 heterocycles. The first-order chi connectivity index (χ1) is 13.4. The van der Waals surface area contributed by atoms with Gasteiger partial charge in [0.15, 0.2) is 0 Å². The highest BCUT2D eigenvalue weighted by atomic mass is 32.2. The maximum atomic E-state index is 11.6. The lowest BCUT2D eigenvalue weighted by molar-refractivity contribution is 0.607. The standard InChI is InChI=1S/C24H23NO2S/c1-17-10-13-23-20(14-17)12-11-19-7-3-4-9-22(19)24(23)16-18-6-5-8-21(15-18)25-28(2,26)27/h3-10,13-16,25H,11-12H2,1-2H3/b24-16-. The zero-order chi connectivity index (χ0) is 19.7. The Morgan fingerprint density at radius 2 is 1.61 bits per heavy atom. The second kappa shape index (κ2) is 7.28. The quantitative estimate of drug-likeness (QED) is 0.681. The van der Waals surface area contributed by atoms with Crippen molar-refractivity contribution in [3.8, 4) is 0 Å². The highest BCUT2D eigenvalue weighted by molar-refractivity contribution is 7.92. The van der Waals surface area contributed by atoms with Gasteiger partial charge in [0.05, 0.1) is 6.26 Å². The van der Waals surface area contributed by atoms with Crippen LogP contribution in [0.5, 0.6) is 0 Å². The van der Waals surface area contributed by atoms with Crippen LogP contribution in [0.4, 0.5) is 5.69 Å². The van der Waals surface area contributed by atoms with Crippen molar-refractivity contribution in [1.82, 2.24) is 0 Å². The number of nitrogens with one attached hydrogen (secondary N) is 1. The Labute approximate surface area is 166 Å². The predicted octanol–water partition coefficient (Wildman–Crippen LogP) is 5.05. The van der Waals surface area contributed by atoms with Gasteiger partial charge in [-0.2, -0.15) is 0 Å². The lowest BCUT2D eigenvalue weighted by Gasteiger charge is -2.13. The molecule has 4 heteroatoms. The maximum absolute atomic E-state index is 11.6. The Morgan fingerprint density at radius 3 is 2.43 bits per heavy atom. The summed E-state index contributed by atoms with van der Waals surface area (Å²) in [5.74, 6) is 0. The molecule has 3 nitrogen and oxygen atoms in total. The molecule has 142 valence electrons. The van der Waals surface area contributed by atoms with Crippen molar-refractivity contribution in [1.29, 1.82) is 0 Å². The van der Waals surface area contributed by atoms with Gasteiger partial charge in [0.25, 0.3) is 0 Å². The molecule has 28 heavy (non-hydrogen) atoms. The highest BCUT2D eigenvalue weighted by Gasteiger charge is 2.18. The molecule has 1 aliphatic rings. The van der Waals surface area contributed by atoms with E-state index in [9.17, 15) is 8.42 Å². The molecule has 0 unspecified atom stereocenters. The minimum Gasteiger partial charge on any atom is -0.284 e. The summed E-state index contributed by atoms with van der Waals surface area (Å²) in [6.45, 7) is 2.13. The third kappa shape index (κ3) is 4.02. The molecule has 0 saturated heterocycles. The lowest BCUT2D eigenvalue weighted by Crippen LogP contribution is -2.09. The number of anilines is 1. The third-order valence-corrected chi connectivity index (χ3v) is 5.63. The van der Waals surface area contributed by atoms with Crippen LogP contribution in [0.1, 0.15) is 33.4 Å². The number of fused-ring (bicyclic) bond motifs is 2. The van der Waals surface area contributed by atoms with Crippen LogP contribution in [0.3, 0.4) is 0 Å². The summed E-state index contributed by atoms with van der Waals surface area (Å²) in [7, 11) is -3.31. The first-order valence-corrected chi connectivity index (χ1v) is 11.3. The lowest BCUT2D eigenvalue weighted by atomic mass is 9.91. The van der Waals surface area contributed by atoms with Crippen molar-refractivity contribution in [2.45, 2.75) is 19.8 Å². The number of benzene rings is 3. The van der Waals surface area contributed by atoms with Crippen LogP contribution in [0, 0.1) is 6.92 Å². The monoisotopic (exact) mass is 389 g/mol. The zero-order valence-electron chi connectivity index (χ0n) is 16.1. The zero-order valence-corrected chi connectivity index (χ0v) is 16.9. The third-order valence-electron chi connectivity index (χ3n) is 5.02. The van der Waals surface area contributed by atoms with Crippen LogP contribution in [0.15, 0.2) is 66.7 Å². The van der Waals surface area contributed by atoms with Gasteiger partial charge >= 0.3 is 0 Å². The van der Waals surface area contributed by atoms with E-state index in [1.54, 1.807) is 6.07 Å². The average Bonchev–Trinajstić information content (AvgIpc) is 2.78. The van der Waals surface area contributed by atoms with Crippen LogP contribution in [-0.4, -0.2) is 14.7 Å². The molecule has 0 atom stereocenters. The van der Waals surface area contributed by atoms with Crippen LogP contribution in [0.25, 0.3) is 11.6 Å². The normalized spacial score (nSPS) is 14.9. The molecule has 0 saturated carbocycles. The summed E-state index contributed by atoms with van der Waals surface area (Å²) in [6.07, 6.45) is 5.35. The number of hydrogen-bond acceptors (Lipinski definition) is 2. The van der Waals surface area contributed by atoms with Crippen molar-refractivity contribution in [3.63, 3.8) is 0 Å². The average molecular weight is 390 g/mol. The van der Waals surface area contributed by atoms with E-state index in [1.165, 1.54) is 33.4 Å². The predicted molar refractivity (Wildman–Crippen MR) is 117 cm³/mol. The topological polar surface area (TPSA) is 46.2 Å². The molecule has 1 N–H and O–H groups in total. The Kier molecular flexibility index (Phi) is 4.82. The van der Waals surface area contributed by atoms with Gasteiger partial charge in [0.2, 0.25) is 10.0 Å². The minimum absolute atomic E-state index is 0.572. The number of hydrogen-bond donors (Lipinski definition) is 1. The first-order valence-electron chi connectivity index (χ1n) is 9.37. The van der Waals surface area contributed by atoms with Gasteiger partial charge in [-0.1, -0.05) is 60.2 Å². The number of rotatable bonds is 3. The second-order valence-electron chi connectivity index (χ2n) is 7.38. The molecule has 0 aromatic heterocycles. The van der Waals surface area contributed by atoms with Crippen LogP contribution in [-0.2, 0) is 22.9 Å². The van der Waals surface area contributed by atoms with Crippen LogP contribution in [0.2, 0.25) is 0 Å². The van der Waals surface area contributed by atoms with Crippen molar-refractivity contribution in [2.24, 2.45) is 0 Å². The van der Waals surface area contributed by atoms with E-state index in [0.717, 1.165) is 24.7 Å². The molecule has 0 aliphatic heterocycles. The molecular formula is C24H23NO2S. The summed E-state index contributed by atoms with van der Waals surface area (Å²) < 4.78 is 25.7. The van der Waals surface area contributed by atoms with E-state index in [2.05, 4.69) is 60.2 Å². The Bertz CT molecular complexity index is 1180. The van der Waals surface area contributed by atoms with E-state index in [0.29, 0.717) is 5.69 Å². The Balaban J connectivity index is 1.88. The fourth-order valence-corrected chi connectivity index (χ4v) is 4.39. The molecule has 3 aromatic carbocycles. The molecule has 0 bridgehead atoms. The number of sulfonamides is 1. The first kappa shape index (κ1) is 18.5. The SMILES string of the molecule is Cc1ccc2c(c1)CCc1ccccc1/C2=C/c1cccc(NS(C)(=O)=O)c1. The van der Waals surface area contributed by atoms with E-state index >= 15 is 0 Å². The van der Waals surface area contributed by atoms with Crippen molar-refractivity contribution >= 4 is 27.4 Å². The summed E-state index contributed by atoms with van der Waals surface area (Å²) in [6, 6.07) is 22.7. The number of aryl methyl sites for hydroxylation is 3. The molecule has 0 fully saturated rings. The molecule has 4 rings (SSSR count). The summed E-state index contributed by atoms with van der Waals surface area (Å²) in [5, 5.41) is 0. The van der Waals surface area contributed by atoms with Gasteiger partial charge in [-0.3, -0.25) is 4.72 Å². The Morgan fingerprint density at radius 1 is 0.857 bits per heavy atom. The van der Waals surface area contributed by atoms with E-state index in [4.69, 9.17) is 0 Å². The Hall–Kier alpha value is -2.85. The minimum atomic E-state index is -3.31. The van der Waals surface area contributed by atoms with Gasteiger partial charge in [-0.25, -0.2) is 8.42 Å². The fourth-order valence-electron chi connectivity index (χ4n) is 3.84. The van der Waals surface area contributed by atoms with Gasteiger partial charge in [-0.05, 0) is 71.4 Å². The van der Waals surface area contributed by atoms with E-state index in [1.807, 2.05) is 18.2 Å². The molecule has 0 radical (unpaired) electrons.